The summed E-state index contributed by atoms with van der Waals surface area (Å²) < 4.78 is 5.23. The van der Waals surface area contributed by atoms with Crippen LogP contribution in [0.4, 0.5) is 0 Å². The van der Waals surface area contributed by atoms with Gasteiger partial charge in [-0.2, -0.15) is 0 Å². The summed E-state index contributed by atoms with van der Waals surface area (Å²) in [7, 11) is 0. The fourth-order valence-corrected chi connectivity index (χ4v) is 1.28. The SMILES string of the molecule is CCc1oc(C=O)nc1CC(C)C. The van der Waals surface area contributed by atoms with E-state index in [4.69, 9.17) is 4.42 Å². The van der Waals surface area contributed by atoms with Crippen molar-refractivity contribution >= 4 is 6.29 Å². The number of aromatic nitrogens is 1. The van der Waals surface area contributed by atoms with Gasteiger partial charge in [0.2, 0.25) is 6.29 Å². The number of nitrogens with zero attached hydrogens (tertiary/aromatic N) is 1. The quantitative estimate of drug-likeness (QED) is 0.669. The Morgan fingerprint density at radius 1 is 1.54 bits per heavy atom. The molecular formula is C10H15NO2. The van der Waals surface area contributed by atoms with Crippen LogP contribution in [0.3, 0.4) is 0 Å². The number of aldehydes is 1. The number of hydrogen-bond acceptors (Lipinski definition) is 3. The lowest BCUT2D eigenvalue weighted by atomic mass is 10.1. The van der Waals surface area contributed by atoms with E-state index in [0.717, 1.165) is 24.3 Å². The van der Waals surface area contributed by atoms with E-state index in [9.17, 15) is 4.79 Å². The molecule has 0 bridgehead atoms. The molecule has 0 atom stereocenters. The summed E-state index contributed by atoms with van der Waals surface area (Å²) in [6, 6.07) is 0. The molecule has 0 aliphatic carbocycles. The van der Waals surface area contributed by atoms with Gasteiger partial charge >= 0.3 is 0 Å². The Morgan fingerprint density at radius 3 is 2.69 bits per heavy atom. The Morgan fingerprint density at radius 2 is 2.23 bits per heavy atom. The average Bonchev–Trinajstić information content (AvgIpc) is 2.46. The highest BCUT2D eigenvalue weighted by Crippen LogP contribution is 2.14. The van der Waals surface area contributed by atoms with E-state index < -0.39 is 0 Å². The molecule has 0 saturated carbocycles. The van der Waals surface area contributed by atoms with Crippen LogP contribution in [-0.4, -0.2) is 11.3 Å². The fraction of sp³-hybridized carbons (Fsp3) is 0.600. The number of aryl methyl sites for hydroxylation is 1. The van der Waals surface area contributed by atoms with Gasteiger partial charge in [-0.15, -0.1) is 0 Å². The first-order chi connectivity index (χ1) is 6.17. The summed E-state index contributed by atoms with van der Waals surface area (Å²) >= 11 is 0. The monoisotopic (exact) mass is 181 g/mol. The van der Waals surface area contributed by atoms with Crippen LogP contribution in [0.15, 0.2) is 4.42 Å². The Kier molecular flexibility index (Phi) is 3.23. The van der Waals surface area contributed by atoms with Crippen molar-refractivity contribution in [2.24, 2.45) is 5.92 Å². The highest BCUT2D eigenvalue weighted by molar-refractivity contribution is 5.67. The molecule has 0 aliphatic rings. The average molecular weight is 181 g/mol. The minimum Gasteiger partial charge on any atom is -0.439 e. The maximum Gasteiger partial charge on any atom is 0.260 e. The van der Waals surface area contributed by atoms with Crippen LogP contribution in [-0.2, 0) is 12.8 Å². The van der Waals surface area contributed by atoms with Gasteiger partial charge in [0.05, 0.1) is 5.69 Å². The molecular weight excluding hydrogens is 166 g/mol. The van der Waals surface area contributed by atoms with Gasteiger partial charge in [0, 0.05) is 6.42 Å². The van der Waals surface area contributed by atoms with Crippen molar-refractivity contribution in [1.29, 1.82) is 0 Å². The number of rotatable bonds is 4. The maximum absolute atomic E-state index is 10.4. The standard InChI is InChI=1S/C10H15NO2/c1-4-9-8(5-7(2)3)11-10(6-12)13-9/h6-7H,4-5H2,1-3H3. The normalized spacial score (nSPS) is 10.8. The van der Waals surface area contributed by atoms with Gasteiger partial charge in [-0.25, -0.2) is 4.98 Å². The summed E-state index contributed by atoms with van der Waals surface area (Å²) in [5.41, 5.74) is 0.930. The molecule has 1 rings (SSSR count). The first-order valence-electron chi connectivity index (χ1n) is 4.61. The number of oxazole rings is 1. The van der Waals surface area contributed by atoms with Gasteiger partial charge in [-0.05, 0) is 12.3 Å². The van der Waals surface area contributed by atoms with Crippen LogP contribution in [0.2, 0.25) is 0 Å². The van der Waals surface area contributed by atoms with Crippen molar-refractivity contribution in [3.8, 4) is 0 Å². The lowest BCUT2D eigenvalue weighted by Crippen LogP contribution is -1.97. The van der Waals surface area contributed by atoms with Crippen LogP contribution in [0, 0.1) is 5.92 Å². The largest absolute Gasteiger partial charge is 0.439 e. The third-order valence-corrected chi connectivity index (χ3v) is 1.82. The lowest BCUT2D eigenvalue weighted by Gasteiger charge is -2.00. The molecule has 0 aliphatic heterocycles. The Hall–Kier alpha value is -1.12. The molecule has 0 aromatic carbocycles. The van der Waals surface area contributed by atoms with E-state index in [1.165, 1.54) is 0 Å². The van der Waals surface area contributed by atoms with Crippen molar-refractivity contribution in [1.82, 2.24) is 4.98 Å². The van der Waals surface area contributed by atoms with E-state index in [1.807, 2.05) is 6.92 Å². The summed E-state index contributed by atoms with van der Waals surface area (Å²) in [6.45, 7) is 6.24. The topological polar surface area (TPSA) is 43.1 Å². The molecule has 0 saturated heterocycles. The highest BCUT2D eigenvalue weighted by Gasteiger charge is 2.11. The second kappa shape index (κ2) is 4.21. The minimum absolute atomic E-state index is 0.201. The predicted molar refractivity (Wildman–Crippen MR) is 49.8 cm³/mol. The first-order valence-corrected chi connectivity index (χ1v) is 4.61. The second-order valence-corrected chi connectivity index (χ2v) is 3.49. The molecule has 0 unspecified atom stereocenters. The van der Waals surface area contributed by atoms with Crippen LogP contribution in [0.5, 0.6) is 0 Å². The second-order valence-electron chi connectivity index (χ2n) is 3.49. The molecule has 0 radical (unpaired) electrons. The van der Waals surface area contributed by atoms with Crippen LogP contribution < -0.4 is 0 Å². The van der Waals surface area contributed by atoms with Crippen molar-refractivity contribution in [2.45, 2.75) is 33.6 Å². The summed E-state index contributed by atoms with van der Waals surface area (Å²) in [5, 5.41) is 0. The maximum atomic E-state index is 10.4. The third kappa shape index (κ3) is 2.41. The molecule has 1 aromatic heterocycles. The van der Waals surface area contributed by atoms with E-state index in [1.54, 1.807) is 0 Å². The molecule has 0 spiro atoms. The Balaban J connectivity index is 2.90. The Labute approximate surface area is 78.2 Å². The smallest absolute Gasteiger partial charge is 0.260 e. The summed E-state index contributed by atoms with van der Waals surface area (Å²) in [6.07, 6.45) is 2.33. The molecule has 0 fully saturated rings. The summed E-state index contributed by atoms with van der Waals surface area (Å²) in [5.74, 6) is 1.58. The van der Waals surface area contributed by atoms with Crippen molar-refractivity contribution in [2.75, 3.05) is 0 Å². The van der Waals surface area contributed by atoms with Crippen LogP contribution in [0.25, 0.3) is 0 Å². The molecule has 72 valence electrons. The van der Waals surface area contributed by atoms with Gasteiger partial charge in [0.25, 0.3) is 5.89 Å². The van der Waals surface area contributed by atoms with Crippen LogP contribution >= 0.6 is 0 Å². The van der Waals surface area contributed by atoms with Gasteiger partial charge in [0.1, 0.15) is 5.76 Å². The zero-order chi connectivity index (χ0) is 9.84. The Bertz CT molecular complexity index is 289. The molecule has 13 heavy (non-hydrogen) atoms. The van der Waals surface area contributed by atoms with Crippen molar-refractivity contribution < 1.29 is 9.21 Å². The minimum atomic E-state index is 0.201. The molecule has 3 heteroatoms. The van der Waals surface area contributed by atoms with E-state index >= 15 is 0 Å². The first kappa shape index (κ1) is 9.96. The van der Waals surface area contributed by atoms with Crippen molar-refractivity contribution in [3.05, 3.63) is 17.3 Å². The third-order valence-electron chi connectivity index (χ3n) is 1.82. The van der Waals surface area contributed by atoms with Crippen molar-refractivity contribution in [3.63, 3.8) is 0 Å². The lowest BCUT2D eigenvalue weighted by molar-refractivity contribution is 0.109. The molecule has 1 heterocycles. The van der Waals surface area contributed by atoms with Crippen LogP contribution in [0.1, 0.15) is 42.9 Å². The predicted octanol–water partition coefficient (Wildman–Crippen LogP) is 2.25. The summed E-state index contributed by atoms with van der Waals surface area (Å²) in [4.78, 5) is 14.5. The zero-order valence-electron chi connectivity index (χ0n) is 8.33. The molecule has 0 N–H and O–H groups in total. The number of hydrogen-bond donors (Lipinski definition) is 0. The molecule has 0 amide bonds. The van der Waals surface area contributed by atoms with Gasteiger partial charge in [-0.1, -0.05) is 20.8 Å². The van der Waals surface area contributed by atoms with Gasteiger partial charge < -0.3 is 4.42 Å². The fourth-order valence-electron chi connectivity index (χ4n) is 1.28. The van der Waals surface area contributed by atoms with E-state index in [-0.39, 0.29) is 5.89 Å². The highest BCUT2D eigenvalue weighted by atomic mass is 16.4. The van der Waals surface area contributed by atoms with E-state index in [2.05, 4.69) is 18.8 Å². The van der Waals surface area contributed by atoms with Gasteiger partial charge in [0.15, 0.2) is 0 Å². The number of carbonyl (C=O) groups excluding carboxylic acids is 1. The van der Waals surface area contributed by atoms with E-state index in [0.29, 0.717) is 12.2 Å². The van der Waals surface area contributed by atoms with Gasteiger partial charge in [-0.3, -0.25) is 4.79 Å². The zero-order valence-corrected chi connectivity index (χ0v) is 8.33. The molecule has 1 aromatic rings. The molecule has 3 nitrogen and oxygen atoms in total. The number of carbonyl (C=O) groups is 1.